The van der Waals surface area contributed by atoms with E-state index in [1.807, 2.05) is 18.2 Å². The third-order valence-corrected chi connectivity index (χ3v) is 3.55. The van der Waals surface area contributed by atoms with E-state index in [0.29, 0.717) is 6.42 Å². The monoisotopic (exact) mass is 249 g/mol. The van der Waals surface area contributed by atoms with Crippen LogP contribution in [-0.4, -0.2) is 24.2 Å². The van der Waals surface area contributed by atoms with Crippen molar-refractivity contribution in [2.75, 3.05) is 7.11 Å². The fourth-order valence-electron chi connectivity index (χ4n) is 2.54. The third-order valence-electron chi connectivity index (χ3n) is 3.55. The number of carboxylic acids is 1. The lowest BCUT2D eigenvalue weighted by Gasteiger charge is -2.17. The van der Waals surface area contributed by atoms with Gasteiger partial charge < -0.3 is 9.84 Å². The first kappa shape index (κ1) is 12.9. The van der Waals surface area contributed by atoms with Crippen LogP contribution in [0.3, 0.4) is 0 Å². The lowest BCUT2D eigenvalue weighted by molar-refractivity contribution is -0.139. The van der Waals surface area contributed by atoms with Crippen molar-refractivity contribution in [3.8, 4) is 5.75 Å². The number of nitrogens with one attached hydrogen (secondary N) is 1. The Kier molecular flexibility index (Phi) is 3.87. The molecule has 1 heterocycles. The predicted octanol–water partition coefficient (Wildman–Crippen LogP) is 2.14. The predicted molar refractivity (Wildman–Crippen MR) is 68.9 cm³/mol. The van der Waals surface area contributed by atoms with Crippen molar-refractivity contribution in [3.63, 3.8) is 0 Å². The van der Waals surface area contributed by atoms with E-state index in [1.54, 1.807) is 7.11 Å². The molecule has 0 bridgehead atoms. The zero-order valence-corrected chi connectivity index (χ0v) is 10.8. The maximum atomic E-state index is 11.0. The summed E-state index contributed by atoms with van der Waals surface area (Å²) in [6, 6.07) is 5.74. The van der Waals surface area contributed by atoms with Crippen molar-refractivity contribution in [1.82, 2.24) is 5.32 Å². The Hall–Kier alpha value is -1.55. The van der Waals surface area contributed by atoms with E-state index in [4.69, 9.17) is 9.84 Å². The van der Waals surface area contributed by atoms with Crippen LogP contribution >= 0.6 is 0 Å². The summed E-state index contributed by atoms with van der Waals surface area (Å²) in [5.74, 6) is 0.0902. The van der Waals surface area contributed by atoms with E-state index in [9.17, 15) is 4.79 Å². The maximum Gasteiger partial charge on any atom is 0.320 e. The molecule has 1 aromatic carbocycles. The summed E-state index contributed by atoms with van der Waals surface area (Å²) in [6.07, 6.45) is 2.48. The van der Waals surface area contributed by atoms with Gasteiger partial charge in [-0.2, -0.15) is 0 Å². The lowest BCUT2D eigenvalue weighted by atomic mass is 9.97. The molecule has 0 spiro atoms. The molecule has 4 heteroatoms. The summed E-state index contributed by atoms with van der Waals surface area (Å²) >= 11 is 0. The summed E-state index contributed by atoms with van der Waals surface area (Å²) in [5, 5.41) is 12.2. The largest absolute Gasteiger partial charge is 0.497 e. The average molecular weight is 249 g/mol. The molecule has 98 valence electrons. The molecule has 1 aliphatic heterocycles. The molecule has 0 radical (unpaired) electrons. The van der Waals surface area contributed by atoms with E-state index in [0.717, 1.165) is 18.6 Å². The zero-order valence-electron chi connectivity index (χ0n) is 10.8. The van der Waals surface area contributed by atoms with Crippen LogP contribution in [0, 0.1) is 0 Å². The van der Waals surface area contributed by atoms with Crippen LogP contribution in [0.2, 0.25) is 0 Å². The van der Waals surface area contributed by atoms with Crippen molar-refractivity contribution in [1.29, 1.82) is 0 Å². The Labute approximate surface area is 107 Å². The molecule has 0 saturated carbocycles. The Bertz CT molecular complexity index is 445. The van der Waals surface area contributed by atoms with E-state index in [2.05, 4.69) is 12.2 Å². The highest BCUT2D eigenvalue weighted by atomic mass is 16.5. The molecule has 0 aliphatic carbocycles. The zero-order chi connectivity index (χ0) is 13.1. The van der Waals surface area contributed by atoms with Crippen LogP contribution in [0.15, 0.2) is 18.2 Å². The Morgan fingerprint density at radius 1 is 1.50 bits per heavy atom. The van der Waals surface area contributed by atoms with Gasteiger partial charge in [-0.1, -0.05) is 13.0 Å². The number of carboxylic acid groups (broad SMARTS) is 1. The van der Waals surface area contributed by atoms with Gasteiger partial charge in [-0.15, -0.1) is 0 Å². The van der Waals surface area contributed by atoms with E-state index in [1.165, 1.54) is 11.1 Å². The van der Waals surface area contributed by atoms with Crippen LogP contribution < -0.4 is 10.1 Å². The number of aryl methyl sites for hydroxylation is 1. The summed E-state index contributed by atoms with van der Waals surface area (Å²) < 4.78 is 5.22. The average Bonchev–Trinajstić information content (AvgIpc) is 2.87. The Morgan fingerprint density at radius 2 is 2.28 bits per heavy atom. The molecule has 18 heavy (non-hydrogen) atoms. The van der Waals surface area contributed by atoms with Crippen LogP contribution in [-0.2, 0) is 11.2 Å². The minimum atomic E-state index is -0.760. The van der Waals surface area contributed by atoms with Crippen molar-refractivity contribution < 1.29 is 14.6 Å². The smallest absolute Gasteiger partial charge is 0.320 e. The second kappa shape index (κ2) is 5.40. The van der Waals surface area contributed by atoms with Crippen molar-refractivity contribution >= 4 is 5.97 Å². The fraction of sp³-hybridized carbons (Fsp3) is 0.500. The van der Waals surface area contributed by atoms with Gasteiger partial charge in [0.25, 0.3) is 0 Å². The third kappa shape index (κ3) is 2.48. The van der Waals surface area contributed by atoms with Crippen LogP contribution in [0.25, 0.3) is 0 Å². The quantitative estimate of drug-likeness (QED) is 0.858. The van der Waals surface area contributed by atoms with Gasteiger partial charge in [0, 0.05) is 6.04 Å². The number of carbonyl (C=O) groups is 1. The number of aliphatic carboxylic acids is 1. The van der Waals surface area contributed by atoms with Crippen molar-refractivity contribution in [3.05, 3.63) is 29.3 Å². The van der Waals surface area contributed by atoms with E-state index >= 15 is 0 Å². The topological polar surface area (TPSA) is 58.6 Å². The molecule has 2 N–H and O–H groups in total. The van der Waals surface area contributed by atoms with Gasteiger partial charge in [0.05, 0.1) is 7.11 Å². The molecule has 2 rings (SSSR count). The number of benzene rings is 1. The number of hydrogen-bond acceptors (Lipinski definition) is 3. The van der Waals surface area contributed by atoms with Gasteiger partial charge in [0.2, 0.25) is 0 Å². The summed E-state index contributed by atoms with van der Waals surface area (Å²) in [7, 11) is 1.66. The first-order valence-corrected chi connectivity index (χ1v) is 6.31. The highest BCUT2D eigenvalue weighted by Gasteiger charge is 2.30. The molecule has 0 aromatic heterocycles. The van der Waals surface area contributed by atoms with Gasteiger partial charge >= 0.3 is 5.97 Å². The molecule has 2 atom stereocenters. The van der Waals surface area contributed by atoms with Crippen LogP contribution in [0.4, 0.5) is 0 Å². The highest BCUT2D eigenvalue weighted by Crippen LogP contribution is 2.31. The first-order valence-electron chi connectivity index (χ1n) is 6.31. The van der Waals surface area contributed by atoms with Crippen LogP contribution in [0.5, 0.6) is 5.75 Å². The van der Waals surface area contributed by atoms with Crippen molar-refractivity contribution in [2.45, 2.75) is 38.3 Å². The van der Waals surface area contributed by atoms with E-state index < -0.39 is 12.0 Å². The SMILES string of the molecule is CCc1cc(OC)ccc1C1CCC(C(=O)O)N1. The van der Waals surface area contributed by atoms with Gasteiger partial charge in [0.1, 0.15) is 11.8 Å². The number of rotatable bonds is 4. The Morgan fingerprint density at radius 3 is 2.83 bits per heavy atom. The van der Waals surface area contributed by atoms with Gasteiger partial charge in [-0.25, -0.2) is 0 Å². The molecule has 1 fully saturated rings. The minimum Gasteiger partial charge on any atom is -0.497 e. The Balaban J connectivity index is 2.21. The summed E-state index contributed by atoms with van der Waals surface area (Å²) in [6.45, 7) is 2.10. The summed E-state index contributed by atoms with van der Waals surface area (Å²) in [5.41, 5.74) is 2.42. The molecule has 1 aromatic rings. The second-order valence-corrected chi connectivity index (χ2v) is 4.61. The van der Waals surface area contributed by atoms with Gasteiger partial charge in [-0.3, -0.25) is 10.1 Å². The molecular formula is C14H19NO3. The number of methoxy groups -OCH3 is 1. The van der Waals surface area contributed by atoms with Gasteiger partial charge in [-0.05, 0) is 42.5 Å². The highest BCUT2D eigenvalue weighted by molar-refractivity contribution is 5.74. The lowest BCUT2D eigenvalue weighted by Crippen LogP contribution is -2.32. The van der Waals surface area contributed by atoms with E-state index in [-0.39, 0.29) is 6.04 Å². The van der Waals surface area contributed by atoms with Crippen LogP contribution in [0.1, 0.15) is 36.9 Å². The van der Waals surface area contributed by atoms with Gasteiger partial charge in [0.15, 0.2) is 0 Å². The maximum absolute atomic E-state index is 11.0. The fourth-order valence-corrected chi connectivity index (χ4v) is 2.54. The van der Waals surface area contributed by atoms with Crippen molar-refractivity contribution in [2.24, 2.45) is 0 Å². The molecule has 0 amide bonds. The number of hydrogen-bond donors (Lipinski definition) is 2. The standard InChI is InChI=1S/C14H19NO3/c1-3-9-8-10(18-2)4-5-11(9)12-6-7-13(15-12)14(16)17/h4-5,8,12-13,15H,3,6-7H2,1-2H3,(H,16,17). The first-order chi connectivity index (χ1) is 8.65. The second-order valence-electron chi connectivity index (χ2n) is 4.61. The molecular weight excluding hydrogens is 230 g/mol. The molecule has 4 nitrogen and oxygen atoms in total. The summed E-state index contributed by atoms with van der Waals surface area (Å²) in [4.78, 5) is 11.0. The molecule has 2 unspecified atom stereocenters. The minimum absolute atomic E-state index is 0.145. The molecule has 1 saturated heterocycles. The normalized spacial score (nSPS) is 23.0. The molecule has 1 aliphatic rings. The number of ether oxygens (including phenoxy) is 1.